The molecule has 154 valence electrons. The summed E-state index contributed by atoms with van der Waals surface area (Å²) in [5, 5.41) is 0. The number of amides is 2. The molecule has 0 saturated carbocycles. The molecular weight excluding hydrogens is 354 g/mol. The Morgan fingerprint density at radius 3 is 2.29 bits per heavy atom. The summed E-state index contributed by atoms with van der Waals surface area (Å²) in [7, 11) is 0. The first-order chi connectivity index (χ1) is 13.5. The lowest BCUT2D eigenvalue weighted by atomic mass is 9.92. The van der Waals surface area contributed by atoms with E-state index in [1.165, 1.54) is 0 Å². The van der Waals surface area contributed by atoms with Crippen LogP contribution in [0.3, 0.4) is 0 Å². The van der Waals surface area contributed by atoms with Gasteiger partial charge in [-0.25, -0.2) is 0 Å². The van der Waals surface area contributed by atoms with Gasteiger partial charge in [-0.05, 0) is 65.0 Å². The quantitative estimate of drug-likeness (QED) is 0.800. The molecule has 3 aliphatic heterocycles. The van der Waals surface area contributed by atoms with Crippen LogP contribution in [0.2, 0.25) is 0 Å². The molecule has 28 heavy (non-hydrogen) atoms. The van der Waals surface area contributed by atoms with E-state index in [2.05, 4.69) is 9.80 Å². The van der Waals surface area contributed by atoms with Crippen LogP contribution in [-0.2, 0) is 4.79 Å². The van der Waals surface area contributed by atoms with Crippen LogP contribution in [0.4, 0.5) is 0 Å². The van der Waals surface area contributed by atoms with E-state index in [1.807, 2.05) is 24.8 Å². The van der Waals surface area contributed by atoms with Gasteiger partial charge in [0.15, 0.2) is 0 Å². The van der Waals surface area contributed by atoms with Crippen molar-refractivity contribution in [3.63, 3.8) is 0 Å². The van der Waals surface area contributed by atoms with Crippen LogP contribution in [0.5, 0.6) is 0 Å². The number of nitrogens with zero attached hydrogens (tertiary/aromatic N) is 3. The zero-order valence-corrected chi connectivity index (χ0v) is 17.3. The Kier molecular flexibility index (Phi) is 5.76. The van der Waals surface area contributed by atoms with Gasteiger partial charge < -0.3 is 14.2 Å². The summed E-state index contributed by atoms with van der Waals surface area (Å²) in [6.45, 7) is 9.19. The van der Waals surface area contributed by atoms with Crippen molar-refractivity contribution in [1.29, 1.82) is 0 Å². The molecule has 2 amide bonds. The number of hydrogen-bond acceptors (Lipinski definition) is 4. The Bertz CT molecular complexity index is 715. The van der Waals surface area contributed by atoms with E-state index in [4.69, 9.17) is 4.42 Å². The van der Waals surface area contributed by atoms with Gasteiger partial charge in [-0.15, -0.1) is 0 Å². The summed E-state index contributed by atoms with van der Waals surface area (Å²) in [6.07, 6.45) is 6.44. The molecule has 0 spiro atoms. The van der Waals surface area contributed by atoms with E-state index < -0.39 is 0 Å². The summed E-state index contributed by atoms with van der Waals surface area (Å²) in [6, 6.07) is 2.34. The zero-order chi connectivity index (χ0) is 19.7. The SMILES string of the molecule is Cc1cc(C(=O)N2CCC(N3CCC[C@H](C(=O)N4CCCC4)C3)CC2)c(C)o1. The number of carbonyl (C=O) groups is 2. The van der Waals surface area contributed by atoms with Crippen molar-refractivity contribution in [3.8, 4) is 0 Å². The van der Waals surface area contributed by atoms with Crippen molar-refractivity contribution in [2.75, 3.05) is 39.3 Å². The molecule has 0 radical (unpaired) electrons. The second-order valence-corrected chi connectivity index (χ2v) is 8.72. The average Bonchev–Trinajstić information content (AvgIpc) is 3.37. The number of carbonyl (C=O) groups excluding carboxylic acids is 2. The third-order valence-corrected chi connectivity index (χ3v) is 6.76. The van der Waals surface area contributed by atoms with E-state index >= 15 is 0 Å². The molecule has 3 fully saturated rings. The van der Waals surface area contributed by atoms with E-state index in [0.29, 0.717) is 23.3 Å². The molecule has 4 heterocycles. The minimum atomic E-state index is 0.0912. The van der Waals surface area contributed by atoms with Gasteiger partial charge in [-0.1, -0.05) is 0 Å². The lowest BCUT2D eigenvalue weighted by molar-refractivity contribution is -0.136. The predicted octanol–water partition coefficient (Wildman–Crippen LogP) is 2.84. The van der Waals surface area contributed by atoms with Crippen molar-refractivity contribution in [3.05, 3.63) is 23.2 Å². The maximum atomic E-state index is 12.8. The Labute approximate surface area is 167 Å². The average molecular weight is 388 g/mol. The molecular formula is C22H33N3O3. The van der Waals surface area contributed by atoms with Crippen molar-refractivity contribution >= 4 is 11.8 Å². The largest absolute Gasteiger partial charge is 0.466 e. The highest BCUT2D eigenvalue weighted by Gasteiger charge is 2.35. The number of aryl methyl sites for hydroxylation is 2. The van der Waals surface area contributed by atoms with E-state index in [9.17, 15) is 9.59 Å². The molecule has 0 aromatic carbocycles. The Morgan fingerprint density at radius 2 is 1.64 bits per heavy atom. The fraction of sp³-hybridized carbons (Fsp3) is 0.727. The van der Waals surface area contributed by atoms with Gasteiger partial charge in [-0.3, -0.25) is 14.5 Å². The molecule has 0 aliphatic carbocycles. The molecule has 0 bridgehead atoms. The molecule has 1 aromatic heterocycles. The van der Waals surface area contributed by atoms with Crippen molar-refractivity contribution in [1.82, 2.24) is 14.7 Å². The zero-order valence-electron chi connectivity index (χ0n) is 17.3. The highest BCUT2D eigenvalue weighted by Crippen LogP contribution is 2.27. The minimum absolute atomic E-state index is 0.0912. The van der Waals surface area contributed by atoms with Crippen molar-refractivity contribution in [2.45, 2.75) is 58.4 Å². The Morgan fingerprint density at radius 1 is 0.929 bits per heavy atom. The molecule has 1 atom stereocenters. The fourth-order valence-corrected chi connectivity index (χ4v) is 5.18. The third-order valence-electron chi connectivity index (χ3n) is 6.76. The summed E-state index contributed by atoms with van der Waals surface area (Å²) < 4.78 is 5.53. The van der Waals surface area contributed by atoms with Crippen LogP contribution in [0, 0.1) is 19.8 Å². The number of rotatable bonds is 3. The second-order valence-electron chi connectivity index (χ2n) is 8.72. The monoisotopic (exact) mass is 387 g/mol. The fourth-order valence-electron chi connectivity index (χ4n) is 5.18. The van der Waals surface area contributed by atoms with Gasteiger partial charge in [0.2, 0.25) is 5.91 Å². The highest BCUT2D eigenvalue weighted by molar-refractivity contribution is 5.95. The van der Waals surface area contributed by atoms with Gasteiger partial charge in [0.25, 0.3) is 5.91 Å². The number of likely N-dealkylation sites (tertiary alicyclic amines) is 3. The summed E-state index contributed by atoms with van der Waals surface area (Å²) >= 11 is 0. The second kappa shape index (κ2) is 8.27. The number of piperidine rings is 2. The lowest BCUT2D eigenvalue weighted by Crippen LogP contribution is -2.51. The van der Waals surface area contributed by atoms with Gasteiger partial charge in [0, 0.05) is 38.8 Å². The predicted molar refractivity (Wildman–Crippen MR) is 107 cm³/mol. The maximum absolute atomic E-state index is 12.8. The van der Waals surface area contributed by atoms with Gasteiger partial charge >= 0.3 is 0 Å². The Hall–Kier alpha value is -1.82. The molecule has 4 rings (SSSR count). The van der Waals surface area contributed by atoms with E-state index in [0.717, 1.165) is 83.6 Å². The van der Waals surface area contributed by atoms with Crippen LogP contribution in [-0.4, -0.2) is 71.8 Å². The number of hydrogen-bond donors (Lipinski definition) is 0. The topological polar surface area (TPSA) is 57.0 Å². The first-order valence-corrected chi connectivity index (χ1v) is 10.9. The summed E-state index contributed by atoms with van der Waals surface area (Å²) in [4.78, 5) is 32.2. The first-order valence-electron chi connectivity index (χ1n) is 10.9. The lowest BCUT2D eigenvalue weighted by Gasteiger charge is -2.42. The van der Waals surface area contributed by atoms with Crippen LogP contribution in [0.1, 0.15) is 60.4 Å². The molecule has 0 unspecified atom stereocenters. The van der Waals surface area contributed by atoms with Gasteiger partial charge in [-0.2, -0.15) is 0 Å². The van der Waals surface area contributed by atoms with Gasteiger partial charge in [0.1, 0.15) is 11.5 Å². The smallest absolute Gasteiger partial charge is 0.257 e. The van der Waals surface area contributed by atoms with Crippen molar-refractivity contribution in [2.24, 2.45) is 5.92 Å². The Balaban J connectivity index is 1.31. The molecule has 3 saturated heterocycles. The summed E-state index contributed by atoms with van der Waals surface area (Å²) in [5.41, 5.74) is 0.699. The minimum Gasteiger partial charge on any atom is -0.466 e. The highest BCUT2D eigenvalue weighted by atomic mass is 16.3. The van der Waals surface area contributed by atoms with Crippen molar-refractivity contribution < 1.29 is 14.0 Å². The van der Waals surface area contributed by atoms with Gasteiger partial charge in [0.05, 0.1) is 11.5 Å². The normalized spacial score (nSPS) is 24.7. The molecule has 3 aliphatic rings. The standard InChI is InChI=1S/C22H33N3O3/c1-16-14-20(17(2)28-16)22(27)24-12-7-19(8-13-24)25-11-5-6-18(15-25)21(26)23-9-3-4-10-23/h14,18-19H,3-13,15H2,1-2H3/t18-/m0/s1. The molecule has 6 heteroatoms. The number of furan rings is 1. The van der Waals surface area contributed by atoms with E-state index in [1.54, 1.807) is 0 Å². The van der Waals surface area contributed by atoms with E-state index in [-0.39, 0.29) is 11.8 Å². The molecule has 1 aromatic rings. The van der Waals surface area contributed by atoms with Crippen LogP contribution in [0.25, 0.3) is 0 Å². The van der Waals surface area contributed by atoms with Crippen LogP contribution >= 0.6 is 0 Å². The molecule has 0 N–H and O–H groups in total. The third kappa shape index (κ3) is 3.97. The first kappa shape index (κ1) is 19.5. The summed E-state index contributed by atoms with van der Waals surface area (Å²) in [5.74, 6) is 2.14. The van der Waals surface area contributed by atoms with Crippen LogP contribution in [0.15, 0.2) is 10.5 Å². The molecule has 6 nitrogen and oxygen atoms in total. The van der Waals surface area contributed by atoms with Crippen LogP contribution < -0.4 is 0 Å². The maximum Gasteiger partial charge on any atom is 0.257 e.